The zero-order chi connectivity index (χ0) is 11.4. The fraction of sp³-hybridized carbons (Fsp3) is 0.333. The molecule has 1 aromatic rings. The highest BCUT2D eigenvalue weighted by molar-refractivity contribution is 5.30. The first-order valence-corrected chi connectivity index (χ1v) is 4.31. The molecular formula is C9H10N2O4. The third kappa shape index (κ3) is 3.34. The molecule has 0 radical (unpaired) electrons. The maximum absolute atomic E-state index is 10.3. The molecule has 0 aliphatic carbocycles. The molecule has 0 atom stereocenters. The molecule has 6 nitrogen and oxygen atoms in total. The smallest absolute Gasteiger partial charge is 0.229 e. The van der Waals surface area contributed by atoms with Gasteiger partial charge in [-0.25, -0.2) is 0 Å². The van der Waals surface area contributed by atoms with Crippen LogP contribution in [-0.4, -0.2) is 9.85 Å². The van der Waals surface area contributed by atoms with Crippen LogP contribution in [0, 0.1) is 27.2 Å². The highest BCUT2D eigenvalue weighted by atomic mass is 16.6. The lowest BCUT2D eigenvalue weighted by Crippen LogP contribution is -2.03. The SMILES string of the molecule is Cc1cc(C[N+](=O)[O-])ccc1C[N+](=O)[O-]. The molecule has 0 bridgehead atoms. The van der Waals surface area contributed by atoms with E-state index in [1.165, 1.54) is 0 Å². The average molecular weight is 210 g/mol. The second-order valence-electron chi connectivity index (χ2n) is 3.24. The van der Waals surface area contributed by atoms with Crippen LogP contribution in [0.2, 0.25) is 0 Å². The second kappa shape index (κ2) is 4.50. The zero-order valence-electron chi connectivity index (χ0n) is 8.17. The first-order chi connectivity index (χ1) is 6.99. The summed E-state index contributed by atoms with van der Waals surface area (Å²) in [5.74, 6) is 0. The van der Waals surface area contributed by atoms with Gasteiger partial charge in [0.2, 0.25) is 13.1 Å². The molecule has 0 saturated heterocycles. The van der Waals surface area contributed by atoms with Crippen LogP contribution in [0.5, 0.6) is 0 Å². The lowest BCUT2D eigenvalue weighted by molar-refractivity contribution is -0.497. The minimum Gasteiger partial charge on any atom is -0.264 e. The number of rotatable bonds is 4. The minimum absolute atomic E-state index is 0.245. The van der Waals surface area contributed by atoms with E-state index in [2.05, 4.69) is 0 Å². The molecule has 1 aromatic carbocycles. The fourth-order valence-corrected chi connectivity index (χ4v) is 1.32. The first-order valence-electron chi connectivity index (χ1n) is 4.31. The average Bonchev–Trinajstić information content (AvgIpc) is 2.08. The Morgan fingerprint density at radius 1 is 1.13 bits per heavy atom. The van der Waals surface area contributed by atoms with E-state index in [0.717, 1.165) is 0 Å². The normalized spacial score (nSPS) is 9.93. The summed E-state index contributed by atoms with van der Waals surface area (Å²) < 4.78 is 0. The van der Waals surface area contributed by atoms with Gasteiger partial charge in [0.25, 0.3) is 0 Å². The summed E-state index contributed by atoms with van der Waals surface area (Å²) in [7, 11) is 0. The van der Waals surface area contributed by atoms with Crippen LogP contribution in [-0.2, 0) is 13.1 Å². The van der Waals surface area contributed by atoms with E-state index in [0.29, 0.717) is 16.7 Å². The lowest BCUT2D eigenvalue weighted by atomic mass is 10.1. The highest BCUT2D eigenvalue weighted by Gasteiger charge is 2.08. The van der Waals surface area contributed by atoms with E-state index in [9.17, 15) is 20.2 Å². The molecule has 1 rings (SSSR count). The molecule has 6 heteroatoms. The van der Waals surface area contributed by atoms with Gasteiger partial charge < -0.3 is 0 Å². The molecular weight excluding hydrogens is 200 g/mol. The molecule has 0 heterocycles. The number of benzene rings is 1. The van der Waals surface area contributed by atoms with Crippen molar-refractivity contribution in [3.05, 3.63) is 55.1 Å². The van der Waals surface area contributed by atoms with Gasteiger partial charge in [0, 0.05) is 21.0 Å². The molecule has 0 saturated carbocycles. The van der Waals surface area contributed by atoms with Crippen molar-refractivity contribution in [3.8, 4) is 0 Å². The van der Waals surface area contributed by atoms with Crippen molar-refractivity contribution in [2.45, 2.75) is 20.0 Å². The van der Waals surface area contributed by atoms with E-state index < -0.39 is 9.85 Å². The largest absolute Gasteiger partial charge is 0.264 e. The number of hydrogen-bond donors (Lipinski definition) is 0. The topological polar surface area (TPSA) is 86.3 Å². The maximum Gasteiger partial charge on any atom is 0.229 e. The van der Waals surface area contributed by atoms with Gasteiger partial charge in [-0.15, -0.1) is 0 Å². The molecule has 0 spiro atoms. The van der Waals surface area contributed by atoms with Crippen molar-refractivity contribution in [1.82, 2.24) is 0 Å². The number of aryl methyl sites for hydroxylation is 1. The Hall–Kier alpha value is -1.98. The van der Waals surface area contributed by atoms with Crippen molar-refractivity contribution in [1.29, 1.82) is 0 Å². The van der Waals surface area contributed by atoms with Gasteiger partial charge in [0.05, 0.1) is 0 Å². The standard InChI is InChI=1S/C9H10N2O4/c1-7-4-8(5-10(12)13)2-3-9(7)6-11(14)15/h2-4H,5-6H2,1H3. The van der Waals surface area contributed by atoms with Crippen molar-refractivity contribution >= 4 is 0 Å². The van der Waals surface area contributed by atoms with E-state index >= 15 is 0 Å². The third-order valence-corrected chi connectivity index (χ3v) is 2.02. The highest BCUT2D eigenvalue weighted by Crippen LogP contribution is 2.12. The molecule has 0 unspecified atom stereocenters. The summed E-state index contributed by atoms with van der Waals surface area (Å²) in [6.45, 7) is 1.21. The maximum atomic E-state index is 10.3. The molecule has 0 aromatic heterocycles. The Morgan fingerprint density at radius 3 is 2.20 bits per heavy atom. The molecule has 0 N–H and O–H groups in total. The minimum atomic E-state index is -0.429. The van der Waals surface area contributed by atoms with Crippen molar-refractivity contribution in [3.63, 3.8) is 0 Å². The van der Waals surface area contributed by atoms with Gasteiger partial charge in [0.1, 0.15) is 0 Å². The Bertz CT molecular complexity index is 403. The van der Waals surface area contributed by atoms with E-state index in [1.807, 2.05) is 0 Å². The van der Waals surface area contributed by atoms with Crippen LogP contribution >= 0.6 is 0 Å². The van der Waals surface area contributed by atoms with Crippen LogP contribution in [0.1, 0.15) is 16.7 Å². The summed E-state index contributed by atoms with van der Waals surface area (Å²) in [4.78, 5) is 19.7. The number of nitrogens with zero attached hydrogens (tertiary/aromatic N) is 2. The summed E-state index contributed by atoms with van der Waals surface area (Å²) in [6, 6.07) is 4.73. The lowest BCUT2D eigenvalue weighted by Gasteiger charge is -2.02. The van der Waals surface area contributed by atoms with Gasteiger partial charge in [0.15, 0.2) is 0 Å². The van der Waals surface area contributed by atoms with Crippen LogP contribution in [0.25, 0.3) is 0 Å². The molecule has 80 valence electrons. The van der Waals surface area contributed by atoms with Crippen LogP contribution < -0.4 is 0 Å². The monoisotopic (exact) mass is 210 g/mol. The Balaban J connectivity index is 2.87. The Labute approximate surface area is 85.8 Å². The van der Waals surface area contributed by atoms with E-state index in [1.54, 1.807) is 25.1 Å². The third-order valence-electron chi connectivity index (χ3n) is 2.02. The summed E-state index contributed by atoms with van der Waals surface area (Å²) >= 11 is 0. The first kappa shape index (κ1) is 11.1. The van der Waals surface area contributed by atoms with E-state index in [-0.39, 0.29) is 13.1 Å². The molecule has 0 amide bonds. The van der Waals surface area contributed by atoms with Crippen molar-refractivity contribution < 1.29 is 9.85 Å². The predicted octanol–water partition coefficient (Wildman–Crippen LogP) is 1.55. The van der Waals surface area contributed by atoms with Crippen molar-refractivity contribution in [2.24, 2.45) is 0 Å². The van der Waals surface area contributed by atoms with Gasteiger partial charge in [-0.3, -0.25) is 20.2 Å². The summed E-state index contributed by atoms with van der Waals surface area (Å²) in [5, 5.41) is 20.5. The number of nitro groups is 2. The molecule has 0 aliphatic heterocycles. The Kier molecular flexibility index (Phi) is 3.33. The van der Waals surface area contributed by atoms with Gasteiger partial charge in [-0.2, -0.15) is 0 Å². The van der Waals surface area contributed by atoms with Crippen LogP contribution in [0.3, 0.4) is 0 Å². The van der Waals surface area contributed by atoms with Gasteiger partial charge in [-0.05, 0) is 18.6 Å². The quantitative estimate of drug-likeness (QED) is 0.557. The van der Waals surface area contributed by atoms with Gasteiger partial charge >= 0.3 is 0 Å². The number of hydrogen-bond acceptors (Lipinski definition) is 4. The zero-order valence-corrected chi connectivity index (χ0v) is 8.17. The predicted molar refractivity (Wildman–Crippen MR) is 52.6 cm³/mol. The van der Waals surface area contributed by atoms with Crippen LogP contribution in [0.4, 0.5) is 0 Å². The molecule has 0 aliphatic rings. The Morgan fingerprint density at radius 2 is 1.73 bits per heavy atom. The molecule has 0 fully saturated rings. The fourth-order valence-electron chi connectivity index (χ4n) is 1.32. The summed E-state index contributed by atoms with van der Waals surface area (Å²) in [6.07, 6.45) is 0. The van der Waals surface area contributed by atoms with E-state index in [4.69, 9.17) is 0 Å². The molecule has 15 heavy (non-hydrogen) atoms. The van der Waals surface area contributed by atoms with Gasteiger partial charge in [-0.1, -0.05) is 12.1 Å². The second-order valence-corrected chi connectivity index (χ2v) is 3.24. The van der Waals surface area contributed by atoms with Crippen molar-refractivity contribution in [2.75, 3.05) is 0 Å². The summed E-state index contributed by atoms with van der Waals surface area (Å²) in [5.41, 5.74) is 1.86. The van der Waals surface area contributed by atoms with Crippen LogP contribution in [0.15, 0.2) is 18.2 Å².